The van der Waals surface area contributed by atoms with Crippen molar-refractivity contribution in [3.63, 3.8) is 0 Å². The number of hydrogen-bond donors (Lipinski definition) is 1. The van der Waals surface area contributed by atoms with Gasteiger partial charge in [0, 0.05) is 11.4 Å². The van der Waals surface area contributed by atoms with Gasteiger partial charge < -0.3 is 5.32 Å². The maximum atomic E-state index is 13.5. The van der Waals surface area contributed by atoms with Gasteiger partial charge in [0.1, 0.15) is 5.82 Å². The monoisotopic (exact) mass is 283 g/mol. The topological polar surface area (TPSA) is 29.1 Å². The van der Waals surface area contributed by atoms with Crippen LogP contribution in [0.4, 0.5) is 10.1 Å². The molecule has 0 heterocycles. The summed E-state index contributed by atoms with van der Waals surface area (Å²) in [5.74, 6) is 0.0554. The molecule has 19 heavy (non-hydrogen) atoms. The molecule has 0 aliphatic heterocycles. The van der Waals surface area contributed by atoms with Gasteiger partial charge in [-0.2, -0.15) is 0 Å². The molecule has 1 fully saturated rings. The van der Waals surface area contributed by atoms with Crippen molar-refractivity contribution in [3.8, 4) is 0 Å². The van der Waals surface area contributed by atoms with E-state index in [1.54, 1.807) is 6.07 Å². The van der Waals surface area contributed by atoms with Crippen molar-refractivity contribution < 1.29 is 9.18 Å². The number of amides is 1. The summed E-state index contributed by atoms with van der Waals surface area (Å²) in [6.45, 7) is 0. The Morgan fingerprint density at radius 1 is 1.32 bits per heavy atom. The average Bonchev–Trinajstić information content (AvgIpc) is 2.41. The van der Waals surface area contributed by atoms with E-state index in [2.05, 4.69) is 5.32 Å². The Morgan fingerprint density at radius 3 is 2.74 bits per heavy atom. The van der Waals surface area contributed by atoms with E-state index in [9.17, 15) is 9.18 Å². The quantitative estimate of drug-likeness (QED) is 0.846. The summed E-state index contributed by atoms with van der Waals surface area (Å²) in [5, 5.41) is 2.94. The molecule has 1 amide bonds. The Kier molecular flexibility index (Phi) is 5.20. The van der Waals surface area contributed by atoms with Crippen molar-refractivity contribution in [1.82, 2.24) is 0 Å². The summed E-state index contributed by atoms with van der Waals surface area (Å²) >= 11 is 5.66. The minimum Gasteiger partial charge on any atom is -0.324 e. The number of anilines is 1. The number of nitrogens with one attached hydrogen (secondary N) is 1. The number of rotatable bonds is 4. The van der Waals surface area contributed by atoms with Crippen molar-refractivity contribution in [2.75, 3.05) is 5.32 Å². The first-order chi connectivity index (χ1) is 9.15. The second kappa shape index (κ2) is 6.90. The standard InChI is InChI=1S/C15H19ClFNO/c16-12-7-8-14(13(17)10-12)18-15(19)9-6-11-4-2-1-3-5-11/h7-8,10-11H,1-6,9H2,(H,18,19). The van der Waals surface area contributed by atoms with E-state index >= 15 is 0 Å². The Balaban J connectivity index is 1.80. The van der Waals surface area contributed by atoms with Crippen molar-refractivity contribution in [2.24, 2.45) is 5.92 Å². The molecule has 0 spiro atoms. The maximum absolute atomic E-state index is 13.5. The first kappa shape index (κ1) is 14.3. The summed E-state index contributed by atoms with van der Waals surface area (Å²) in [6.07, 6.45) is 7.69. The van der Waals surface area contributed by atoms with Gasteiger partial charge in [0.2, 0.25) is 5.91 Å². The van der Waals surface area contributed by atoms with Gasteiger partial charge in [-0.3, -0.25) is 4.79 Å². The van der Waals surface area contributed by atoms with Crippen molar-refractivity contribution >= 4 is 23.2 Å². The van der Waals surface area contributed by atoms with E-state index in [0.717, 1.165) is 6.42 Å². The highest BCUT2D eigenvalue weighted by atomic mass is 35.5. The number of carbonyl (C=O) groups is 1. The van der Waals surface area contributed by atoms with Crippen LogP contribution in [0.25, 0.3) is 0 Å². The van der Waals surface area contributed by atoms with E-state index in [1.165, 1.54) is 44.2 Å². The molecule has 1 aliphatic rings. The first-order valence-corrected chi connectivity index (χ1v) is 7.28. The van der Waals surface area contributed by atoms with Crippen LogP contribution in [0.5, 0.6) is 0 Å². The lowest BCUT2D eigenvalue weighted by atomic mass is 9.86. The van der Waals surface area contributed by atoms with E-state index in [-0.39, 0.29) is 11.6 Å². The lowest BCUT2D eigenvalue weighted by Crippen LogP contribution is -2.15. The summed E-state index contributed by atoms with van der Waals surface area (Å²) < 4.78 is 13.5. The zero-order valence-corrected chi connectivity index (χ0v) is 11.7. The highest BCUT2D eigenvalue weighted by Gasteiger charge is 2.15. The predicted octanol–water partition coefficient (Wildman–Crippen LogP) is 4.78. The van der Waals surface area contributed by atoms with E-state index in [1.807, 2.05) is 0 Å². The first-order valence-electron chi connectivity index (χ1n) is 6.90. The fourth-order valence-corrected chi connectivity index (χ4v) is 2.77. The molecule has 1 saturated carbocycles. The number of benzene rings is 1. The molecular weight excluding hydrogens is 265 g/mol. The molecule has 1 aromatic carbocycles. The fourth-order valence-electron chi connectivity index (χ4n) is 2.61. The molecule has 1 aromatic rings. The summed E-state index contributed by atoms with van der Waals surface area (Å²) in [7, 11) is 0. The second-order valence-electron chi connectivity index (χ2n) is 5.22. The van der Waals surface area contributed by atoms with Crippen LogP contribution < -0.4 is 5.32 Å². The Labute approximate surface area is 118 Å². The highest BCUT2D eigenvalue weighted by molar-refractivity contribution is 6.30. The number of hydrogen-bond acceptors (Lipinski definition) is 1. The molecule has 1 aliphatic carbocycles. The SMILES string of the molecule is O=C(CCC1CCCCC1)Nc1ccc(Cl)cc1F. The number of halogens is 2. The van der Waals surface area contributed by atoms with Crippen LogP contribution in [-0.2, 0) is 4.79 Å². The minimum absolute atomic E-state index is 0.119. The summed E-state index contributed by atoms with van der Waals surface area (Å²) in [5.41, 5.74) is 0.207. The minimum atomic E-state index is -0.487. The van der Waals surface area contributed by atoms with E-state index in [4.69, 9.17) is 11.6 Å². The molecule has 2 nitrogen and oxygen atoms in total. The van der Waals surface area contributed by atoms with E-state index in [0.29, 0.717) is 17.4 Å². The van der Waals surface area contributed by atoms with Crippen LogP contribution in [0.15, 0.2) is 18.2 Å². The molecule has 0 saturated heterocycles. The lowest BCUT2D eigenvalue weighted by Gasteiger charge is -2.21. The van der Waals surface area contributed by atoms with Crippen LogP contribution in [0.3, 0.4) is 0 Å². The molecular formula is C15H19ClFNO. The van der Waals surface area contributed by atoms with Crippen molar-refractivity contribution in [2.45, 2.75) is 44.9 Å². The highest BCUT2D eigenvalue weighted by Crippen LogP contribution is 2.27. The summed E-state index contributed by atoms with van der Waals surface area (Å²) in [4.78, 5) is 11.8. The van der Waals surface area contributed by atoms with Gasteiger partial charge in [0.25, 0.3) is 0 Å². The van der Waals surface area contributed by atoms with Gasteiger partial charge >= 0.3 is 0 Å². The van der Waals surface area contributed by atoms with Gasteiger partial charge in [0.15, 0.2) is 0 Å². The maximum Gasteiger partial charge on any atom is 0.224 e. The molecule has 0 unspecified atom stereocenters. The normalized spacial score (nSPS) is 16.3. The third-order valence-electron chi connectivity index (χ3n) is 3.71. The smallest absolute Gasteiger partial charge is 0.224 e. The van der Waals surface area contributed by atoms with Crippen LogP contribution >= 0.6 is 11.6 Å². The molecule has 0 aromatic heterocycles. The second-order valence-corrected chi connectivity index (χ2v) is 5.65. The zero-order valence-electron chi connectivity index (χ0n) is 10.9. The van der Waals surface area contributed by atoms with Crippen molar-refractivity contribution in [3.05, 3.63) is 29.0 Å². The molecule has 1 N–H and O–H groups in total. The molecule has 2 rings (SSSR count). The van der Waals surface area contributed by atoms with E-state index < -0.39 is 5.82 Å². The van der Waals surface area contributed by atoms with Crippen molar-refractivity contribution in [1.29, 1.82) is 0 Å². The van der Waals surface area contributed by atoms with Gasteiger partial charge in [-0.1, -0.05) is 43.7 Å². The Morgan fingerprint density at radius 2 is 2.05 bits per heavy atom. The average molecular weight is 284 g/mol. The fraction of sp³-hybridized carbons (Fsp3) is 0.533. The van der Waals surface area contributed by atoms with Gasteiger partial charge in [-0.05, 0) is 30.5 Å². The van der Waals surface area contributed by atoms with Gasteiger partial charge in [0.05, 0.1) is 5.69 Å². The Bertz CT molecular complexity index is 444. The third kappa shape index (κ3) is 4.50. The van der Waals surface area contributed by atoms with Crippen LogP contribution in [0, 0.1) is 11.7 Å². The van der Waals surface area contributed by atoms with Crippen LogP contribution in [-0.4, -0.2) is 5.91 Å². The summed E-state index contributed by atoms with van der Waals surface area (Å²) in [6, 6.07) is 4.27. The third-order valence-corrected chi connectivity index (χ3v) is 3.94. The van der Waals surface area contributed by atoms with Gasteiger partial charge in [-0.25, -0.2) is 4.39 Å². The van der Waals surface area contributed by atoms with Crippen LogP contribution in [0.2, 0.25) is 5.02 Å². The predicted molar refractivity (Wildman–Crippen MR) is 75.8 cm³/mol. The lowest BCUT2D eigenvalue weighted by molar-refractivity contribution is -0.116. The molecule has 104 valence electrons. The largest absolute Gasteiger partial charge is 0.324 e. The zero-order chi connectivity index (χ0) is 13.7. The molecule has 0 radical (unpaired) electrons. The Hall–Kier alpha value is -1.09. The number of carbonyl (C=O) groups excluding carboxylic acids is 1. The molecule has 4 heteroatoms. The molecule has 0 bridgehead atoms. The van der Waals surface area contributed by atoms with Crippen LogP contribution in [0.1, 0.15) is 44.9 Å². The van der Waals surface area contributed by atoms with Gasteiger partial charge in [-0.15, -0.1) is 0 Å². The molecule has 0 atom stereocenters.